The van der Waals surface area contributed by atoms with Gasteiger partial charge in [0, 0.05) is 16.5 Å². The van der Waals surface area contributed by atoms with Gasteiger partial charge in [-0.3, -0.25) is 4.31 Å². The van der Waals surface area contributed by atoms with Crippen molar-refractivity contribution < 1.29 is 33.0 Å². The van der Waals surface area contributed by atoms with Crippen LogP contribution in [0.4, 0.5) is 5.69 Å². The lowest BCUT2D eigenvalue weighted by molar-refractivity contribution is -0.139. The zero-order valence-electron chi connectivity index (χ0n) is 21.1. The molecule has 38 heavy (non-hydrogen) atoms. The van der Waals surface area contributed by atoms with Gasteiger partial charge < -0.3 is 20.3 Å². The van der Waals surface area contributed by atoms with E-state index >= 15 is 0 Å². The van der Waals surface area contributed by atoms with Crippen molar-refractivity contribution in [3.05, 3.63) is 70.1 Å². The van der Waals surface area contributed by atoms with Gasteiger partial charge in [-0.1, -0.05) is 36.4 Å². The van der Waals surface area contributed by atoms with Crippen LogP contribution in [0.2, 0.25) is 0 Å². The summed E-state index contributed by atoms with van der Waals surface area (Å²) >= 11 is 0.972. The highest BCUT2D eigenvalue weighted by Gasteiger charge is 2.32. The van der Waals surface area contributed by atoms with Crippen molar-refractivity contribution in [2.45, 2.75) is 38.5 Å². The van der Waals surface area contributed by atoms with Crippen molar-refractivity contribution in [3.63, 3.8) is 0 Å². The number of aromatic carboxylic acids is 1. The fraction of sp³-hybridized carbons (Fsp3) is 0.333. The first-order chi connectivity index (χ1) is 18.1. The van der Waals surface area contributed by atoms with Gasteiger partial charge in [0.05, 0.1) is 11.4 Å². The molecule has 202 valence electrons. The number of benzene rings is 2. The SMILES string of the molecule is Cc1ccccc1CS(=O)(=O)N(c1cccc(-c2sc(C(=O)O)c(OCC(=O)O)c2C)c1)C1CCNCC1. The minimum absolute atomic E-state index is 0.00712. The number of thiophene rings is 1. The fourth-order valence-corrected chi connectivity index (χ4v) is 7.73. The van der Waals surface area contributed by atoms with Crippen LogP contribution in [0.25, 0.3) is 10.4 Å². The van der Waals surface area contributed by atoms with E-state index in [1.807, 2.05) is 31.2 Å². The second-order valence-electron chi connectivity index (χ2n) is 9.21. The molecule has 0 spiro atoms. The first-order valence-corrected chi connectivity index (χ1v) is 14.6. The molecular formula is C27H30N2O7S2. The van der Waals surface area contributed by atoms with Gasteiger partial charge in [-0.05, 0) is 68.6 Å². The number of piperidine rings is 1. The largest absolute Gasteiger partial charge is 0.480 e. The zero-order chi connectivity index (χ0) is 27.4. The average molecular weight is 559 g/mol. The summed E-state index contributed by atoms with van der Waals surface area (Å²) in [4.78, 5) is 23.4. The number of rotatable bonds is 10. The van der Waals surface area contributed by atoms with E-state index in [1.54, 1.807) is 31.2 Å². The van der Waals surface area contributed by atoms with Crippen LogP contribution in [0.15, 0.2) is 48.5 Å². The third-order valence-corrected chi connectivity index (χ3v) is 9.62. The van der Waals surface area contributed by atoms with Crippen LogP contribution in [-0.2, 0) is 20.6 Å². The molecule has 0 unspecified atom stereocenters. The Hall–Kier alpha value is -3.41. The summed E-state index contributed by atoms with van der Waals surface area (Å²) in [6, 6.07) is 14.2. The first-order valence-electron chi connectivity index (χ1n) is 12.2. The molecule has 1 saturated heterocycles. The maximum Gasteiger partial charge on any atom is 0.349 e. The molecule has 3 aromatic rings. The molecule has 0 atom stereocenters. The third-order valence-electron chi connectivity index (χ3n) is 6.53. The van der Waals surface area contributed by atoms with Gasteiger partial charge in [-0.15, -0.1) is 11.3 Å². The van der Waals surface area contributed by atoms with Crippen LogP contribution in [0.5, 0.6) is 5.75 Å². The Morgan fingerprint density at radius 3 is 2.45 bits per heavy atom. The Kier molecular flexibility index (Phi) is 8.39. The van der Waals surface area contributed by atoms with Gasteiger partial charge in [0.25, 0.3) is 0 Å². The molecule has 1 aliphatic rings. The van der Waals surface area contributed by atoms with E-state index < -0.39 is 28.6 Å². The Labute approximate surface area is 225 Å². The minimum atomic E-state index is -3.77. The topological polar surface area (TPSA) is 133 Å². The number of aliphatic carboxylic acids is 1. The second-order valence-corrected chi connectivity index (χ2v) is 12.1. The molecule has 1 aromatic heterocycles. The highest BCUT2D eigenvalue weighted by molar-refractivity contribution is 7.92. The summed E-state index contributed by atoms with van der Waals surface area (Å²) in [5, 5.41) is 22.0. The van der Waals surface area contributed by atoms with E-state index in [1.165, 1.54) is 4.31 Å². The molecule has 2 aromatic carbocycles. The number of carboxylic acids is 2. The molecule has 0 amide bonds. The Morgan fingerprint density at radius 1 is 1.08 bits per heavy atom. The van der Waals surface area contributed by atoms with E-state index in [-0.39, 0.29) is 22.4 Å². The van der Waals surface area contributed by atoms with Crippen LogP contribution in [-0.4, -0.2) is 56.3 Å². The summed E-state index contributed by atoms with van der Waals surface area (Å²) in [5.41, 5.74) is 3.26. The number of hydrogen-bond acceptors (Lipinski definition) is 7. The van der Waals surface area contributed by atoms with Crippen LogP contribution in [0.3, 0.4) is 0 Å². The van der Waals surface area contributed by atoms with Gasteiger partial charge >= 0.3 is 11.9 Å². The quantitative estimate of drug-likeness (QED) is 0.336. The Balaban J connectivity index is 1.77. The van der Waals surface area contributed by atoms with Crippen LogP contribution in [0, 0.1) is 13.8 Å². The minimum Gasteiger partial charge on any atom is -0.480 e. The maximum atomic E-state index is 13.9. The van der Waals surface area contributed by atoms with E-state index in [4.69, 9.17) is 9.84 Å². The summed E-state index contributed by atoms with van der Waals surface area (Å²) < 4.78 is 34.7. The van der Waals surface area contributed by atoms with E-state index in [2.05, 4.69) is 5.32 Å². The van der Waals surface area contributed by atoms with E-state index in [9.17, 15) is 23.1 Å². The monoisotopic (exact) mass is 558 g/mol. The molecular weight excluding hydrogens is 528 g/mol. The van der Waals surface area contributed by atoms with Gasteiger partial charge in [0.15, 0.2) is 11.5 Å². The van der Waals surface area contributed by atoms with Crippen molar-refractivity contribution in [2.24, 2.45) is 0 Å². The van der Waals surface area contributed by atoms with Crippen molar-refractivity contribution in [2.75, 3.05) is 24.0 Å². The predicted molar refractivity (Wildman–Crippen MR) is 147 cm³/mol. The van der Waals surface area contributed by atoms with E-state index in [0.29, 0.717) is 47.6 Å². The summed E-state index contributed by atoms with van der Waals surface area (Å²) in [6.45, 7) is 4.30. The number of anilines is 1. The lowest BCUT2D eigenvalue weighted by atomic mass is 10.0. The fourth-order valence-electron chi connectivity index (χ4n) is 4.68. The number of nitrogens with zero attached hydrogens (tertiary/aromatic N) is 1. The number of ether oxygens (including phenoxy) is 1. The number of carbonyl (C=O) groups is 2. The van der Waals surface area contributed by atoms with Crippen molar-refractivity contribution >= 4 is 39.0 Å². The van der Waals surface area contributed by atoms with Gasteiger partial charge in [-0.25, -0.2) is 18.0 Å². The van der Waals surface area contributed by atoms with Crippen LogP contribution >= 0.6 is 11.3 Å². The number of hydrogen-bond donors (Lipinski definition) is 3. The number of nitrogens with one attached hydrogen (secondary N) is 1. The molecule has 2 heterocycles. The van der Waals surface area contributed by atoms with E-state index in [0.717, 1.165) is 22.5 Å². The van der Waals surface area contributed by atoms with Gasteiger partial charge in [0.2, 0.25) is 10.0 Å². The Bertz CT molecular complexity index is 1440. The first kappa shape index (κ1) is 27.6. The third kappa shape index (κ3) is 6.01. The summed E-state index contributed by atoms with van der Waals surface area (Å²) in [7, 11) is -3.77. The van der Waals surface area contributed by atoms with Crippen LogP contribution in [0.1, 0.15) is 39.2 Å². The molecule has 0 radical (unpaired) electrons. The van der Waals surface area contributed by atoms with Crippen molar-refractivity contribution in [1.29, 1.82) is 0 Å². The van der Waals surface area contributed by atoms with Crippen molar-refractivity contribution in [3.8, 4) is 16.2 Å². The summed E-state index contributed by atoms with van der Waals surface area (Å²) in [6.07, 6.45) is 1.32. The highest BCUT2D eigenvalue weighted by Crippen LogP contribution is 2.42. The van der Waals surface area contributed by atoms with Gasteiger partial charge in [0.1, 0.15) is 5.75 Å². The highest BCUT2D eigenvalue weighted by atomic mass is 32.2. The predicted octanol–water partition coefficient (Wildman–Crippen LogP) is 4.28. The second kappa shape index (κ2) is 11.5. The molecule has 4 rings (SSSR count). The summed E-state index contributed by atoms with van der Waals surface area (Å²) in [5.74, 6) is -2.57. The molecule has 0 saturated carbocycles. The standard InChI is InChI=1S/C27H30N2O7S2/c1-17-6-3-4-7-20(17)16-38(34,35)29(21-10-12-28-13-11-21)22-9-5-8-19(14-22)25-18(2)24(36-15-23(30)31)26(37-25)27(32)33/h3-9,14,21,28H,10-13,15-16H2,1-2H3,(H,30,31)(H,32,33). The van der Waals surface area contributed by atoms with Crippen molar-refractivity contribution in [1.82, 2.24) is 5.32 Å². The zero-order valence-corrected chi connectivity index (χ0v) is 22.8. The molecule has 0 aliphatic carbocycles. The lowest BCUT2D eigenvalue weighted by Gasteiger charge is -2.35. The molecule has 9 nitrogen and oxygen atoms in total. The van der Waals surface area contributed by atoms with Crippen LogP contribution < -0.4 is 14.4 Å². The van der Waals surface area contributed by atoms with Gasteiger partial charge in [-0.2, -0.15) is 0 Å². The number of aryl methyl sites for hydroxylation is 1. The smallest absolute Gasteiger partial charge is 0.349 e. The molecule has 0 bridgehead atoms. The average Bonchev–Trinajstić information content (AvgIpc) is 3.21. The lowest BCUT2D eigenvalue weighted by Crippen LogP contribution is -2.46. The number of carboxylic acid groups (broad SMARTS) is 2. The molecule has 1 aliphatic heterocycles. The maximum absolute atomic E-state index is 13.9. The molecule has 3 N–H and O–H groups in total. The normalized spacial score (nSPS) is 14.3. The Morgan fingerprint density at radius 2 is 1.79 bits per heavy atom. The molecule has 11 heteroatoms. The molecule has 1 fully saturated rings. The number of sulfonamides is 1.